The molecule has 0 amide bonds. The summed E-state index contributed by atoms with van der Waals surface area (Å²) in [5, 5.41) is 0. The second kappa shape index (κ2) is 9.72. The predicted octanol–water partition coefficient (Wildman–Crippen LogP) is 5.31. The molecule has 1 aliphatic heterocycles. The van der Waals surface area contributed by atoms with Crippen molar-refractivity contribution in [1.29, 1.82) is 0 Å². The highest BCUT2D eigenvalue weighted by molar-refractivity contribution is 5.71. The monoisotopic (exact) mass is 493 g/mol. The summed E-state index contributed by atoms with van der Waals surface area (Å²) in [6.45, 7) is 4.72. The number of alkyl halides is 2. The molecule has 0 radical (unpaired) electrons. The van der Waals surface area contributed by atoms with Crippen LogP contribution in [0.1, 0.15) is 53.3 Å². The molecule has 0 saturated carbocycles. The number of pyridine rings is 2. The minimum atomic E-state index is -2.71. The number of halogens is 3. The molecule has 1 aromatic carbocycles. The SMILES string of the molecule is Cc1cnc2cc(C3CCN(c4c(C)cccc4F)CC3)c(=O)n(Cc3ncccc3C(F)F)c2n1. The summed E-state index contributed by atoms with van der Waals surface area (Å²) in [4.78, 5) is 28.9. The lowest BCUT2D eigenvalue weighted by Gasteiger charge is -2.34. The Morgan fingerprint density at radius 2 is 1.86 bits per heavy atom. The van der Waals surface area contributed by atoms with Gasteiger partial charge in [0.2, 0.25) is 0 Å². The zero-order valence-corrected chi connectivity index (χ0v) is 20.1. The lowest BCUT2D eigenvalue weighted by atomic mass is 9.89. The van der Waals surface area contributed by atoms with Gasteiger partial charge >= 0.3 is 0 Å². The molecular weight excluding hydrogens is 467 g/mol. The van der Waals surface area contributed by atoms with Crippen molar-refractivity contribution >= 4 is 16.9 Å². The van der Waals surface area contributed by atoms with Gasteiger partial charge < -0.3 is 4.90 Å². The van der Waals surface area contributed by atoms with Crippen LogP contribution in [0.15, 0.2) is 53.6 Å². The van der Waals surface area contributed by atoms with Gasteiger partial charge in [-0.2, -0.15) is 0 Å². The minimum absolute atomic E-state index is 0.0714. The first-order valence-corrected chi connectivity index (χ1v) is 11.9. The first kappa shape index (κ1) is 24.0. The summed E-state index contributed by atoms with van der Waals surface area (Å²) in [5.74, 6) is -0.324. The summed E-state index contributed by atoms with van der Waals surface area (Å²) < 4.78 is 43.2. The molecule has 186 valence electrons. The van der Waals surface area contributed by atoms with E-state index in [-0.39, 0.29) is 35.1 Å². The fourth-order valence-electron chi connectivity index (χ4n) is 5.04. The van der Waals surface area contributed by atoms with Crippen molar-refractivity contribution in [1.82, 2.24) is 19.5 Å². The van der Waals surface area contributed by atoms with Gasteiger partial charge in [0, 0.05) is 36.6 Å². The maximum Gasteiger partial charge on any atom is 0.265 e. The molecule has 0 atom stereocenters. The van der Waals surface area contributed by atoms with Crippen LogP contribution in [0.3, 0.4) is 0 Å². The van der Waals surface area contributed by atoms with E-state index in [0.29, 0.717) is 54.0 Å². The Morgan fingerprint density at radius 1 is 1.08 bits per heavy atom. The van der Waals surface area contributed by atoms with Gasteiger partial charge in [-0.3, -0.25) is 19.3 Å². The Balaban J connectivity index is 1.52. The zero-order chi connectivity index (χ0) is 25.4. The average molecular weight is 494 g/mol. The van der Waals surface area contributed by atoms with E-state index in [2.05, 4.69) is 15.0 Å². The second-order valence-corrected chi connectivity index (χ2v) is 9.22. The molecule has 36 heavy (non-hydrogen) atoms. The van der Waals surface area contributed by atoms with E-state index >= 15 is 0 Å². The van der Waals surface area contributed by atoms with Crippen LogP contribution in [0.5, 0.6) is 0 Å². The average Bonchev–Trinajstić information content (AvgIpc) is 2.86. The van der Waals surface area contributed by atoms with Gasteiger partial charge in [-0.05, 0) is 62.4 Å². The molecule has 1 fully saturated rings. The molecule has 4 heterocycles. The van der Waals surface area contributed by atoms with E-state index in [4.69, 9.17) is 0 Å². The van der Waals surface area contributed by atoms with Crippen LogP contribution in [0.25, 0.3) is 11.2 Å². The topological polar surface area (TPSA) is 63.9 Å². The molecule has 1 aliphatic rings. The number of para-hydroxylation sites is 1. The largest absolute Gasteiger partial charge is 0.369 e. The molecule has 0 unspecified atom stereocenters. The number of nitrogens with zero attached hydrogens (tertiary/aromatic N) is 5. The third-order valence-corrected chi connectivity index (χ3v) is 6.85. The molecule has 5 rings (SSSR count). The van der Waals surface area contributed by atoms with Crippen LogP contribution >= 0.6 is 0 Å². The normalized spacial score (nSPS) is 14.7. The number of hydrogen-bond acceptors (Lipinski definition) is 5. The number of aryl methyl sites for hydroxylation is 2. The fraction of sp³-hybridized carbons (Fsp3) is 0.333. The van der Waals surface area contributed by atoms with Crippen molar-refractivity contribution in [3.8, 4) is 0 Å². The van der Waals surface area contributed by atoms with Crippen LogP contribution in [0, 0.1) is 19.7 Å². The first-order valence-electron chi connectivity index (χ1n) is 11.9. The van der Waals surface area contributed by atoms with Crippen LogP contribution < -0.4 is 10.5 Å². The van der Waals surface area contributed by atoms with E-state index in [1.807, 2.05) is 17.9 Å². The van der Waals surface area contributed by atoms with Gasteiger partial charge in [-0.1, -0.05) is 12.1 Å². The molecule has 0 spiro atoms. The summed E-state index contributed by atoms with van der Waals surface area (Å²) in [7, 11) is 0. The van der Waals surface area contributed by atoms with E-state index in [9.17, 15) is 18.0 Å². The number of rotatable bonds is 5. The second-order valence-electron chi connectivity index (χ2n) is 9.22. The van der Waals surface area contributed by atoms with Gasteiger partial charge in [-0.25, -0.2) is 18.2 Å². The molecule has 0 N–H and O–H groups in total. The summed E-state index contributed by atoms with van der Waals surface area (Å²) in [5.41, 5.74) is 3.16. The van der Waals surface area contributed by atoms with Crippen LogP contribution in [0.4, 0.5) is 18.9 Å². The maximum absolute atomic E-state index is 14.5. The number of aromatic nitrogens is 4. The molecule has 9 heteroatoms. The van der Waals surface area contributed by atoms with Crippen molar-refractivity contribution < 1.29 is 13.2 Å². The fourth-order valence-corrected chi connectivity index (χ4v) is 5.04. The molecular formula is C27H26F3N5O. The van der Waals surface area contributed by atoms with E-state index in [0.717, 1.165) is 5.56 Å². The molecule has 0 aliphatic carbocycles. The van der Waals surface area contributed by atoms with Crippen molar-refractivity contribution in [2.24, 2.45) is 0 Å². The summed E-state index contributed by atoms with van der Waals surface area (Å²) in [6.07, 6.45) is 1.66. The highest BCUT2D eigenvalue weighted by Gasteiger charge is 2.27. The highest BCUT2D eigenvalue weighted by Crippen LogP contribution is 2.33. The Bertz CT molecular complexity index is 1460. The molecule has 4 aromatic rings. The first-order chi connectivity index (χ1) is 17.3. The van der Waals surface area contributed by atoms with E-state index in [1.54, 1.807) is 25.3 Å². The summed E-state index contributed by atoms with van der Waals surface area (Å²) >= 11 is 0. The van der Waals surface area contributed by atoms with Crippen LogP contribution in [0.2, 0.25) is 0 Å². The quantitative estimate of drug-likeness (QED) is 0.377. The highest BCUT2D eigenvalue weighted by atomic mass is 19.3. The zero-order valence-electron chi connectivity index (χ0n) is 20.1. The lowest BCUT2D eigenvalue weighted by molar-refractivity contribution is 0.149. The Morgan fingerprint density at radius 3 is 2.58 bits per heavy atom. The van der Waals surface area contributed by atoms with Gasteiger partial charge in [0.1, 0.15) is 11.3 Å². The number of piperidine rings is 1. The standard InChI is InChI=1S/C27H26F3N5O/c1-16-5-3-7-21(28)24(16)34-11-8-18(9-12-34)20-13-22-26(33-17(2)14-32-22)35(27(20)36)15-23-19(25(29)30)6-4-10-31-23/h3-7,10,13-14,18,25H,8-9,11-12,15H2,1-2H3. The Labute approximate surface area is 206 Å². The van der Waals surface area contributed by atoms with Crippen molar-refractivity contribution in [2.75, 3.05) is 18.0 Å². The van der Waals surface area contributed by atoms with Crippen molar-refractivity contribution in [3.05, 3.63) is 93.0 Å². The summed E-state index contributed by atoms with van der Waals surface area (Å²) in [6, 6.07) is 9.59. The van der Waals surface area contributed by atoms with Crippen molar-refractivity contribution in [2.45, 2.75) is 45.6 Å². The third-order valence-electron chi connectivity index (χ3n) is 6.85. The lowest BCUT2D eigenvalue weighted by Crippen LogP contribution is -2.36. The predicted molar refractivity (Wildman–Crippen MR) is 132 cm³/mol. The molecule has 3 aromatic heterocycles. The van der Waals surface area contributed by atoms with Crippen LogP contribution in [-0.2, 0) is 6.54 Å². The minimum Gasteiger partial charge on any atom is -0.369 e. The number of benzene rings is 1. The molecule has 0 bridgehead atoms. The smallest absolute Gasteiger partial charge is 0.265 e. The van der Waals surface area contributed by atoms with Crippen LogP contribution in [-0.4, -0.2) is 32.6 Å². The Kier molecular flexibility index (Phi) is 6.47. The van der Waals surface area contributed by atoms with E-state index < -0.39 is 6.43 Å². The van der Waals surface area contributed by atoms with E-state index in [1.165, 1.54) is 29.0 Å². The molecule has 6 nitrogen and oxygen atoms in total. The number of hydrogen-bond donors (Lipinski definition) is 0. The van der Waals surface area contributed by atoms with Gasteiger partial charge in [0.05, 0.1) is 23.6 Å². The van der Waals surface area contributed by atoms with Crippen molar-refractivity contribution in [3.63, 3.8) is 0 Å². The van der Waals surface area contributed by atoms with Gasteiger partial charge in [0.15, 0.2) is 5.65 Å². The number of fused-ring (bicyclic) bond motifs is 1. The molecule has 1 saturated heterocycles. The number of anilines is 1. The van der Waals surface area contributed by atoms with Gasteiger partial charge in [0.25, 0.3) is 12.0 Å². The van der Waals surface area contributed by atoms with Gasteiger partial charge in [-0.15, -0.1) is 0 Å². The third kappa shape index (κ3) is 4.45. The maximum atomic E-state index is 14.5. The Hall–Kier alpha value is -3.75.